The van der Waals surface area contributed by atoms with E-state index in [0.717, 1.165) is 45.3 Å². The van der Waals surface area contributed by atoms with E-state index in [9.17, 15) is 9.59 Å². The Hall–Kier alpha value is -0.630. The minimum atomic E-state index is 0.0598. The van der Waals surface area contributed by atoms with E-state index in [2.05, 4.69) is 43.8 Å². The standard InChI is InChI=1S/C19H28IN3O2/c1-11(19(25)23-9-15-6-17(23)5-14(15)7-20)3-13-4-16-10-22(12(2)24)18(13)8-21-16/h7,11,13,15-18,21H,3-6,8-10H2,1-2H3/b14-7+. The maximum Gasteiger partial charge on any atom is 0.225 e. The summed E-state index contributed by atoms with van der Waals surface area (Å²) in [7, 11) is 0. The smallest absolute Gasteiger partial charge is 0.225 e. The van der Waals surface area contributed by atoms with Gasteiger partial charge in [0.15, 0.2) is 0 Å². The minimum Gasteiger partial charge on any atom is -0.339 e. The SMILES string of the molecule is CC(=O)N1CC2CC(CC(C)C(=O)N3CC4CC3C/C4=C\I)C1CN2. The van der Waals surface area contributed by atoms with Gasteiger partial charge in [0, 0.05) is 56.5 Å². The van der Waals surface area contributed by atoms with Crippen LogP contribution in [0, 0.1) is 17.8 Å². The average molecular weight is 457 g/mol. The number of halogens is 1. The molecule has 1 aliphatic carbocycles. The van der Waals surface area contributed by atoms with Crippen molar-refractivity contribution in [1.82, 2.24) is 15.1 Å². The molecule has 0 aromatic rings. The lowest BCUT2D eigenvalue weighted by molar-refractivity contribution is -0.139. The molecule has 25 heavy (non-hydrogen) atoms. The molecule has 5 nitrogen and oxygen atoms in total. The highest BCUT2D eigenvalue weighted by atomic mass is 127. The summed E-state index contributed by atoms with van der Waals surface area (Å²) >= 11 is 2.34. The number of carbonyl (C=O) groups excluding carboxylic acids is 2. The first-order valence-corrected chi connectivity index (χ1v) is 10.8. The molecule has 1 saturated carbocycles. The molecule has 0 aromatic heterocycles. The van der Waals surface area contributed by atoms with Gasteiger partial charge in [-0.25, -0.2) is 0 Å². The van der Waals surface area contributed by atoms with Crippen LogP contribution in [0.5, 0.6) is 0 Å². The number of fused-ring (bicyclic) bond motifs is 5. The summed E-state index contributed by atoms with van der Waals surface area (Å²) in [5.74, 6) is 1.62. The lowest BCUT2D eigenvalue weighted by atomic mass is 9.77. The Balaban J connectivity index is 1.38. The lowest BCUT2D eigenvalue weighted by Gasteiger charge is -2.51. The fourth-order valence-electron chi connectivity index (χ4n) is 5.61. The molecule has 5 fully saturated rings. The van der Waals surface area contributed by atoms with Gasteiger partial charge in [-0.15, -0.1) is 0 Å². The first kappa shape index (κ1) is 17.8. The summed E-state index contributed by atoms with van der Waals surface area (Å²) < 4.78 is 2.22. The van der Waals surface area contributed by atoms with Crippen molar-refractivity contribution in [1.29, 1.82) is 0 Å². The van der Waals surface area contributed by atoms with Crippen molar-refractivity contribution in [3.63, 3.8) is 0 Å². The van der Waals surface area contributed by atoms with Crippen molar-refractivity contribution >= 4 is 34.4 Å². The zero-order chi connectivity index (χ0) is 17.7. The van der Waals surface area contributed by atoms with Gasteiger partial charge in [-0.05, 0) is 35.7 Å². The van der Waals surface area contributed by atoms with Crippen LogP contribution >= 0.6 is 22.6 Å². The van der Waals surface area contributed by atoms with E-state index >= 15 is 0 Å². The van der Waals surface area contributed by atoms with E-state index < -0.39 is 0 Å². The number of likely N-dealkylation sites (tertiary alicyclic amines) is 1. The van der Waals surface area contributed by atoms with Gasteiger partial charge in [-0.2, -0.15) is 0 Å². The maximum absolute atomic E-state index is 13.0. The largest absolute Gasteiger partial charge is 0.339 e. The number of nitrogens with one attached hydrogen (secondary N) is 1. The summed E-state index contributed by atoms with van der Waals surface area (Å²) in [6.07, 6.45) is 4.24. The molecule has 5 rings (SSSR count). The Morgan fingerprint density at radius 1 is 1.32 bits per heavy atom. The van der Waals surface area contributed by atoms with Crippen LogP contribution in [-0.2, 0) is 9.59 Å². The Kier molecular flexibility index (Phi) is 4.86. The molecule has 4 bridgehead atoms. The third-order valence-electron chi connectivity index (χ3n) is 6.88. The second-order valence-electron chi connectivity index (χ2n) is 8.44. The van der Waals surface area contributed by atoms with Crippen LogP contribution in [0.2, 0.25) is 0 Å². The van der Waals surface area contributed by atoms with Gasteiger partial charge in [0.25, 0.3) is 0 Å². The van der Waals surface area contributed by atoms with Crippen molar-refractivity contribution in [2.45, 2.75) is 57.7 Å². The molecule has 4 saturated heterocycles. The summed E-state index contributed by atoms with van der Waals surface area (Å²) in [4.78, 5) is 29.1. The predicted molar refractivity (Wildman–Crippen MR) is 105 cm³/mol. The first-order valence-electron chi connectivity index (χ1n) is 9.58. The zero-order valence-electron chi connectivity index (χ0n) is 15.1. The summed E-state index contributed by atoms with van der Waals surface area (Å²) in [5.41, 5.74) is 1.54. The highest BCUT2D eigenvalue weighted by molar-refractivity contribution is 14.1. The lowest BCUT2D eigenvalue weighted by Crippen LogP contribution is -2.66. The fraction of sp³-hybridized carbons (Fsp3) is 0.789. The van der Waals surface area contributed by atoms with Crippen molar-refractivity contribution in [2.24, 2.45) is 17.8 Å². The van der Waals surface area contributed by atoms with Crippen LogP contribution in [0.25, 0.3) is 0 Å². The van der Waals surface area contributed by atoms with E-state index in [1.165, 1.54) is 5.57 Å². The third kappa shape index (κ3) is 3.13. The fourth-order valence-corrected chi connectivity index (χ4v) is 6.37. The quantitative estimate of drug-likeness (QED) is 0.662. The molecule has 4 aliphatic heterocycles. The van der Waals surface area contributed by atoms with Gasteiger partial charge >= 0.3 is 0 Å². The van der Waals surface area contributed by atoms with Crippen LogP contribution in [0.4, 0.5) is 0 Å². The van der Waals surface area contributed by atoms with Crippen LogP contribution in [0.15, 0.2) is 9.66 Å². The Labute approximate surface area is 163 Å². The molecule has 6 unspecified atom stereocenters. The molecule has 1 N–H and O–H groups in total. The second-order valence-corrected chi connectivity index (χ2v) is 9.06. The molecular weight excluding hydrogens is 429 g/mol. The summed E-state index contributed by atoms with van der Waals surface area (Å²) in [6, 6.07) is 1.10. The molecule has 6 heteroatoms. The molecule has 0 radical (unpaired) electrons. The number of nitrogens with zero attached hydrogens (tertiary/aromatic N) is 2. The third-order valence-corrected chi connectivity index (χ3v) is 7.68. The normalized spacial score (nSPS) is 39.3. The number of carbonyl (C=O) groups is 2. The van der Waals surface area contributed by atoms with E-state index in [-0.39, 0.29) is 17.9 Å². The van der Waals surface area contributed by atoms with Crippen LogP contribution < -0.4 is 5.32 Å². The number of hydrogen-bond acceptors (Lipinski definition) is 3. The number of hydrogen-bond donors (Lipinski definition) is 1. The number of amides is 2. The highest BCUT2D eigenvalue weighted by Gasteiger charge is 2.46. The Morgan fingerprint density at radius 3 is 2.72 bits per heavy atom. The van der Waals surface area contributed by atoms with Crippen molar-refractivity contribution in [3.8, 4) is 0 Å². The van der Waals surface area contributed by atoms with Crippen LogP contribution in [0.1, 0.15) is 39.5 Å². The summed E-state index contributed by atoms with van der Waals surface area (Å²) in [6.45, 7) is 6.40. The Morgan fingerprint density at radius 2 is 2.12 bits per heavy atom. The van der Waals surface area contributed by atoms with Gasteiger partial charge in [-0.3, -0.25) is 9.59 Å². The van der Waals surface area contributed by atoms with Crippen LogP contribution in [-0.4, -0.2) is 59.4 Å². The number of piperidine rings is 3. The van der Waals surface area contributed by atoms with Gasteiger partial charge in [0.1, 0.15) is 0 Å². The predicted octanol–water partition coefficient (Wildman–Crippen LogP) is 2.16. The monoisotopic (exact) mass is 457 g/mol. The van der Waals surface area contributed by atoms with Crippen molar-refractivity contribution < 1.29 is 9.59 Å². The molecule has 4 heterocycles. The van der Waals surface area contributed by atoms with Gasteiger partial charge in [-0.1, -0.05) is 35.1 Å². The van der Waals surface area contributed by atoms with E-state index in [1.807, 2.05) is 4.90 Å². The first-order chi connectivity index (χ1) is 12.0. The highest BCUT2D eigenvalue weighted by Crippen LogP contribution is 2.43. The number of rotatable bonds is 3. The zero-order valence-corrected chi connectivity index (χ0v) is 17.2. The molecule has 0 aromatic carbocycles. The van der Waals surface area contributed by atoms with Crippen LogP contribution in [0.3, 0.4) is 0 Å². The maximum atomic E-state index is 13.0. The topological polar surface area (TPSA) is 52.7 Å². The van der Waals surface area contributed by atoms with E-state index in [0.29, 0.717) is 29.8 Å². The molecule has 5 aliphatic rings. The molecular formula is C19H28IN3O2. The average Bonchev–Trinajstić information content (AvgIpc) is 3.21. The van der Waals surface area contributed by atoms with E-state index in [1.54, 1.807) is 6.92 Å². The van der Waals surface area contributed by atoms with Crippen molar-refractivity contribution in [3.05, 3.63) is 9.66 Å². The van der Waals surface area contributed by atoms with Gasteiger partial charge < -0.3 is 15.1 Å². The Bertz CT molecular complexity index is 607. The molecule has 2 amide bonds. The van der Waals surface area contributed by atoms with Gasteiger partial charge in [0.2, 0.25) is 11.8 Å². The molecule has 138 valence electrons. The molecule has 6 atom stereocenters. The van der Waals surface area contributed by atoms with Crippen molar-refractivity contribution in [2.75, 3.05) is 19.6 Å². The number of piperazine rings is 1. The minimum absolute atomic E-state index is 0.0598. The summed E-state index contributed by atoms with van der Waals surface area (Å²) in [5, 5.41) is 3.53. The second kappa shape index (κ2) is 6.83. The van der Waals surface area contributed by atoms with Gasteiger partial charge in [0.05, 0.1) is 0 Å². The molecule has 0 spiro atoms. The van der Waals surface area contributed by atoms with E-state index in [4.69, 9.17) is 0 Å².